The molecule has 1 N–H and O–H groups in total. The fourth-order valence-electron chi connectivity index (χ4n) is 5.03. The Morgan fingerprint density at radius 2 is 1.63 bits per heavy atom. The van der Waals surface area contributed by atoms with Gasteiger partial charge >= 0.3 is 0 Å². The number of hydrogen-bond acceptors (Lipinski definition) is 5. The third kappa shape index (κ3) is 5.73. The lowest BCUT2D eigenvalue weighted by Crippen LogP contribution is -2.43. The van der Waals surface area contributed by atoms with Crippen molar-refractivity contribution in [3.05, 3.63) is 88.3 Å². The van der Waals surface area contributed by atoms with E-state index in [2.05, 4.69) is 44.5 Å². The number of benzene rings is 2. The molecule has 0 bridgehead atoms. The van der Waals surface area contributed by atoms with Crippen molar-refractivity contribution in [1.29, 1.82) is 0 Å². The molecule has 0 unspecified atom stereocenters. The zero-order chi connectivity index (χ0) is 24.0. The lowest BCUT2D eigenvalue weighted by molar-refractivity contribution is -0.125. The van der Waals surface area contributed by atoms with Crippen molar-refractivity contribution in [2.24, 2.45) is 5.92 Å². The van der Waals surface area contributed by atoms with E-state index in [1.54, 1.807) is 12.3 Å². The first-order valence-electron chi connectivity index (χ1n) is 12.6. The number of piperidine rings is 1. The molecule has 0 saturated carbocycles. The third-order valence-corrected chi connectivity index (χ3v) is 7.06. The number of carbonyl (C=O) groups excluding carboxylic acids is 1. The number of nitrogens with one attached hydrogen (secondary N) is 1. The van der Waals surface area contributed by atoms with Crippen LogP contribution in [0.25, 0.3) is 0 Å². The molecule has 3 aromatic rings. The highest BCUT2D eigenvalue weighted by molar-refractivity contribution is 5.79. The summed E-state index contributed by atoms with van der Waals surface area (Å²) in [5.41, 5.74) is 4.07. The number of hydrogen-bond donors (Lipinski definition) is 1. The number of rotatable bonds is 7. The van der Waals surface area contributed by atoms with Gasteiger partial charge in [0.1, 0.15) is 0 Å². The Labute approximate surface area is 206 Å². The first kappa shape index (κ1) is 23.1. The van der Waals surface area contributed by atoms with E-state index in [9.17, 15) is 9.59 Å². The van der Waals surface area contributed by atoms with Crippen molar-refractivity contribution < 1.29 is 4.79 Å². The van der Waals surface area contributed by atoms with Crippen LogP contribution in [0.5, 0.6) is 0 Å². The molecule has 2 aliphatic heterocycles. The molecular formula is C28H33N5O2. The minimum Gasteiger partial charge on any atom is -0.372 e. The van der Waals surface area contributed by atoms with E-state index in [-0.39, 0.29) is 17.4 Å². The molecule has 5 rings (SSSR count). The Bertz CT molecular complexity index is 1190. The monoisotopic (exact) mass is 471 g/mol. The van der Waals surface area contributed by atoms with Crippen molar-refractivity contribution in [1.82, 2.24) is 15.1 Å². The maximum atomic E-state index is 12.9. The van der Waals surface area contributed by atoms with Gasteiger partial charge in [-0.25, -0.2) is 4.68 Å². The fraction of sp³-hybridized carbons (Fsp3) is 0.393. The van der Waals surface area contributed by atoms with Crippen LogP contribution in [0.3, 0.4) is 0 Å². The van der Waals surface area contributed by atoms with Gasteiger partial charge in [-0.3, -0.25) is 9.59 Å². The van der Waals surface area contributed by atoms with Gasteiger partial charge in [-0.15, -0.1) is 0 Å². The predicted octanol–water partition coefficient (Wildman–Crippen LogP) is 3.42. The van der Waals surface area contributed by atoms with Gasteiger partial charge in [0, 0.05) is 44.5 Å². The number of carbonyl (C=O) groups is 1. The molecule has 182 valence electrons. The number of nitrogens with zero attached hydrogens (tertiary/aromatic N) is 4. The average molecular weight is 472 g/mol. The van der Waals surface area contributed by atoms with Crippen LogP contribution < -0.4 is 20.7 Å². The maximum Gasteiger partial charge on any atom is 0.269 e. The first-order valence-corrected chi connectivity index (χ1v) is 12.6. The van der Waals surface area contributed by atoms with E-state index in [0.29, 0.717) is 19.6 Å². The number of amides is 1. The molecule has 2 aliphatic rings. The first-order chi connectivity index (χ1) is 17.2. The summed E-state index contributed by atoms with van der Waals surface area (Å²) in [5, 5.41) is 7.51. The largest absolute Gasteiger partial charge is 0.372 e. The molecule has 1 amide bonds. The van der Waals surface area contributed by atoms with Crippen molar-refractivity contribution in [2.75, 3.05) is 36.0 Å². The van der Waals surface area contributed by atoms with E-state index >= 15 is 0 Å². The molecule has 2 saturated heterocycles. The van der Waals surface area contributed by atoms with Gasteiger partial charge in [-0.1, -0.05) is 42.5 Å². The smallest absolute Gasteiger partial charge is 0.269 e. The molecule has 0 spiro atoms. The molecule has 0 radical (unpaired) electrons. The van der Waals surface area contributed by atoms with Crippen LogP contribution in [0.1, 0.15) is 36.8 Å². The topological polar surface area (TPSA) is 70.5 Å². The highest BCUT2D eigenvalue weighted by Gasteiger charge is 2.26. The van der Waals surface area contributed by atoms with Crippen LogP contribution in [-0.4, -0.2) is 41.9 Å². The Kier molecular flexibility index (Phi) is 7.12. The minimum absolute atomic E-state index is 0.0729. The number of aromatic nitrogens is 2. The second kappa shape index (κ2) is 10.8. The second-order valence-corrected chi connectivity index (χ2v) is 9.56. The van der Waals surface area contributed by atoms with E-state index in [4.69, 9.17) is 0 Å². The van der Waals surface area contributed by atoms with Crippen molar-refractivity contribution in [3.63, 3.8) is 0 Å². The molecule has 7 nitrogen and oxygen atoms in total. The predicted molar refractivity (Wildman–Crippen MR) is 139 cm³/mol. The van der Waals surface area contributed by atoms with Gasteiger partial charge in [0.2, 0.25) is 5.91 Å². The standard InChI is InChI=1S/C28H33N5O2/c34-27-17-26(19-30-33(27)20-23-7-2-1-3-8-23)32-16-6-9-24(21-32)28(35)29-18-22-10-12-25(13-11-22)31-14-4-5-15-31/h1-3,7-8,10-13,17,19,24H,4-6,9,14-16,18,20-21H2,(H,29,35)/t24-/m1/s1. The van der Waals surface area contributed by atoms with Crippen LogP contribution in [0.2, 0.25) is 0 Å². The van der Waals surface area contributed by atoms with Gasteiger partial charge in [0.25, 0.3) is 5.56 Å². The fourth-order valence-corrected chi connectivity index (χ4v) is 5.03. The van der Waals surface area contributed by atoms with Gasteiger partial charge in [-0.05, 0) is 48.9 Å². The summed E-state index contributed by atoms with van der Waals surface area (Å²) in [7, 11) is 0. The maximum absolute atomic E-state index is 12.9. The van der Waals surface area contributed by atoms with Gasteiger partial charge in [0.15, 0.2) is 0 Å². The minimum atomic E-state index is -0.129. The highest BCUT2D eigenvalue weighted by Crippen LogP contribution is 2.23. The summed E-state index contributed by atoms with van der Waals surface area (Å²) in [6.45, 7) is 4.67. The van der Waals surface area contributed by atoms with Crippen LogP contribution >= 0.6 is 0 Å². The number of anilines is 2. The normalized spacial score (nSPS) is 18.0. The van der Waals surface area contributed by atoms with Gasteiger partial charge in [0.05, 0.1) is 24.3 Å². The third-order valence-electron chi connectivity index (χ3n) is 7.06. The van der Waals surface area contributed by atoms with Crippen molar-refractivity contribution >= 4 is 17.3 Å². The lowest BCUT2D eigenvalue weighted by atomic mass is 9.96. The molecule has 7 heteroatoms. The van der Waals surface area contributed by atoms with Gasteiger partial charge in [-0.2, -0.15) is 5.10 Å². The molecule has 1 atom stereocenters. The van der Waals surface area contributed by atoms with E-state index in [1.807, 2.05) is 30.3 Å². The zero-order valence-electron chi connectivity index (χ0n) is 20.1. The average Bonchev–Trinajstić information content (AvgIpc) is 3.45. The Morgan fingerprint density at radius 1 is 0.886 bits per heavy atom. The van der Waals surface area contributed by atoms with Crippen LogP contribution in [0, 0.1) is 5.92 Å². The molecular weight excluding hydrogens is 438 g/mol. The Hall–Kier alpha value is -3.61. The summed E-state index contributed by atoms with van der Waals surface area (Å²) in [6.07, 6.45) is 6.04. The molecule has 1 aromatic heterocycles. The van der Waals surface area contributed by atoms with Crippen LogP contribution in [0.4, 0.5) is 11.4 Å². The summed E-state index contributed by atoms with van der Waals surface area (Å²) in [5.74, 6) is -0.0249. The highest BCUT2D eigenvalue weighted by atomic mass is 16.2. The molecule has 0 aliphatic carbocycles. The Balaban J connectivity index is 1.16. The molecule has 3 heterocycles. The van der Waals surface area contributed by atoms with E-state index in [1.165, 1.54) is 23.2 Å². The van der Waals surface area contributed by atoms with Crippen molar-refractivity contribution in [3.8, 4) is 0 Å². The second-order valence-electron chi connectivity index (χ2n) is 9.56. The summed E-state index contributed by atoms with van der Waals surface area (Å²) in [4.78, 5) is 30.1. The van der Waals surface area contributed by atoms with Crippen LogP contribution in [0.15, 0.2) is 71.7 Å². The molecule has 2 aromatic carbocycles. The summed E-state index contributed by atoms with van der Waals surface area (Å²) in [6, 6.07) is 20.0. The SMILES string of the molecule is O=C(NCc1ccc(N2CCCC2)cc1)[C@@H]1CCCN(c2cnn(Cc3ccccc3)c(=O)c2)C1. The van der Waals surface area contributed by atoms with Gasteiger partial charge < -0.3 is 15.1 Å². The van der Waals surface area contributed by atoms with Crippen LogP contribution in [-0.2, 0) is 17.9 Å². The Morgan fingerprint density at radius 3 is 2.37 bits per heavy atom. The summed E-state index contributed by atoms with van der Waals surface area (Å²) < 4.78 is 1.47. The zero-order valence-corrected chi connectivity index (χ0v) is 20.1. The van der Waals surface area contributed by atoms with E-state index < -0.39 is 0 Å². The lowest BCUT2D eigenvalue weighted by Gasteiger charge is -2.33. The molecule has 35 heavy (non-hydrogen) atoms. The quantitative estimate of drug-likeness (QED) is 0.572. The van der Waals surface area contributed by atoms with E-state index in [0.717, 1.165) is 49.3 Å². The van der Waals surface area contributed by atoms with Crippen molar-refractivity contribution in [2.45, 2.75) is 38.8 Å². The molecule has 2 fully saturated rings. The summed E-state index contributed by atoms with van der Waals surface area (Å²) >= 11 is 0.